The van der Waals surface area contributed by atoms with Crippen molar-refractivity contribution >= 4 is 17.7 Å². The molecule has 1 aliphatic rings. The van der Waals surface area contributed by atoms with Crippen LogP contribution in [0.5, 0.6) is 5.75 Å². The van der Waals surface area contributed by atoms with Gasteiger partial charge in [0.15, 0.2) is 5.78 Å². The number of ketones is 1. The topological polar surface area (TPSA) is 75.7 Å². The Hall–Kier alpha value is -3.22. The number of rotatable bonds is 6. The highest BCUT2D eigenvalue weighted by molar-refractivity contribution is 6.11. The normalized spacial score (nSPS) is 19.1. The van der Waals surface area contributed by atoms with Crippen LogP contribution in [0.25, 0.3) is 0 Å². The molecule has 27 heavy (non-hydrogen) atoms. The molecule has 1 saturated heterocycles. The van der Waals surface area contributed by atoms with Crippen molar-refractivity contribution < 1.29 is 23.5 Å². The Morgan fingerprint density at radius 2 is 1.74 bits per heavy atom. The van der Waals surface area contributed by atoms with Crippen LogP contribution in [0.1, 0.15) is 29.3 Å². The van der Waals surface area contributed by atoms with Gasteiger partial charge in [0.05, 0.1) is 13.7 Å². The van der Waals surface area contributed by atoms with Crippen LogP contribution in [-0.4, -0.2) is 36.3 Å². The van der Waals surface area contributed by atoms with Crippen molar-refractivity contribution in [2.75, 3.05) is 13.7 Å². The van der Waals surface area contributed by atoms with E-state index in [0.29, 0.717) is 17.7 Å². The lowest BCUT2D eigenvalue weighted by atomic mass is 9.87. The van der Waals surface area contributed by atoms with E-state index in [2.05, 4.69) is 5.32 Å². The molecule has 1 atom stereocenters. The number of amides is 3. The maximum absolute atomic E-state index is 13.0. The predicted molar refractivity (Wildman–Crippen MR) is 95.9 cm³/mol. The largest absolute Gasteiger partial charge is 0.497 e. The lowest BCUT2D eigenvalue weighted by molar-refractivity contribution is -0.131. The zero-order valence-corrected chi connectivity index (χ0v) is 15.0. The van der Waals surface area contributed by atoms with Gasteiger partial charge in [0.25, 0.3) is 5.91 Å². The standard InChI is InChI=1S/C20H19FN2O4/c1-3-20(14-6-10-16(27-2)11-7-14)18(25)23(19(26)22-20)12-17(24)13-4-8-15(21)9-5-13/h4-11H,3,12H2,1-2H3,(H,22,26)/t20-/m0/s1. The molecule has 0 saturated carbocycles. The number of Topliss-reactive ketones (excluding diaryl/α,β-unsaturated/α-hetero) is 1. The molecular formula is C20H19FN2O4. The minimum atomic E-state index is -1.23. The van der Waals surface area contributed by atoms with Crippen molar-refractivity contribution in [3.8, 4) is 5.75 Å². The fourth-order valence-electron chi connectivity index (χ4n) is 3.16. The number of urea groups is 1. The van der Waals surface area contributed by atoms with Gasteiger partial charge in [0.2, 0.25) is 0 Å². The van der Waals surface area contributed by atoms with Gasteiger partial charge in [-0.15, -0.1) is 0 Å². The van der Waals surface area contributed by atoms with E-state index in [1.165, 1.54) is 19.2 Å². The van der Waals surface area contributed by atoms with E-state index in [0.717, 1.165) is 17.0 Å². The average Bonchev–Trinajstić information content (AvgIpc) is 2.93. The van der Waals surface area contributed by atoms with Crippen LogP contribution in [-0.2, 0) is 10.3 Å². The Labute approximate surface area is 155 Å². The van der Waals surface area contributed by atoms with E-state index < -0.39 is 35.6 Å². The maximum Gasteiger partial charge on any atom is 0.325 e. The number of nitrogens with one attached hydrogen (secondary N) is 1. The Kier molecular flexibility index (Phi) is 4.94. The number of methoxy groups -OCH3 is 1. The first-order valence-electron chi connectivity index (χ1n) is 8.48. The van der Waals surface area contributed by atoms with Crippen LogP contribution >= 0.6 is 0 Å². The number of halogens is 1. The van der Waals surface area contributed by atoms with E-state index >= 15 is 0 Å². The summed E-state index contributed by atoms with van der Waals surface area (Å²) >= 11 is 0. The first-order chi connectivity index (χ1) is 12.9. The molecule has 140 valence electrons. The Balaban J connectivity index is 1.86. The molecule has 0 unspecified atom stereocenters. The van der Waals surface area contributed by atoms with E-state index in [1.807, 2.05) is 0 Å². The maximum atomic E-state index is 13.0. The van der Waals surface area contributed by atoms with Gasteiger partial charge >= 0.3 is 6.03 Å². The molecule has 1 aliphatic heterocycles. The second kappa shape index (κ2) is 7.19. The van der Waals surface area contributed by atoms with Crippen molar-refractivity contribution in [1.29, 1.82) is 0 Å². The highest BCUT2D eigenvalue weighted by Gasteiger charge is 2.51. The Morgan fingerprint density at radius 1 is 1.11 bits per heavy atom. The Morgan fingerprint density at radius 3 is 2.30 bits per heavy atom. The summed E-state index contributed by atoms with van der Waals surface area (Å²) < 4.78 is 18.1. The molecule has 1 heterocycles. The molecule has 0 aromatic heterocycles. The number of ether oxygens (including phenoxy) is 1. The molecule has 6 nitrogen and oxygen atoms in total. The summed E-state index contributed by atoms with van der Waals surface area (Å²) in [5.41, 5.74) is -0.386. The number of hydrogen-bond acceptors (Lipinski definition) is 4. The summed E-state index contributed by atoms with van der Waals surface area (Å²) in [5, 5.41) is 2.72. The third-order valence-electron chi connectivity index (χ3n) is 4.76. The average molecular weight is 370 g/mol. The highest BCUT2D eigenvalue weighted by atomic mass is 19.1. The molecule has 3 amide bonds. The third kappa shape index (κ3) is 3.28. The second-order valence-corrected chi connectivity index (χ2v) is 6.24. The first kappa shape index (κ1) is 18.6. The van der Waals surface area contributed by atoms with E-state index in [1.54, 1.807) is 31.2 Å². The molecule has 0 spiro atoms. The lowest BCUT2D eigenvalue weighted by Gasteiger charge is -2.26. The minimum Gasteiger partial charge on any atom is -0.497 e. The molecule has 0 aliphatic carbocycles. The smallest absolute Gasteiger partial charge is 0.325 e. The van der Waals surface area contributed by atoms with Crippen LogP contribution in [0.4, 0.5) is 9.18 Å². The van der Waals surface area contributed by atoms with Gasteiger partial charge in [0.1, 0.15) is 17.1 Å². The molecule has 7 heteroatoms. The second-order valence-electron chi connectivity index (χ2n) is 6.24. The number of hydrogen-bond donors (Lipinski definition) is 1. The molecule has 0 bridgehead atoms. The van der Waals surface area contributed by atoms with Crippen LogP contribution < -0.4 is 10.1 Å². The van der Waals surface area contributed by atoms with Gasteiger partial charge in [-0.2, -0.15) is 0 Å². The van der Waals surface area contributed by atoms with Gasteiger partial charge in [-0.3, -0.25) is 14.5 Å². The van der Waals surface area contributed by atoms with Crippen molar-refractivity contribution in [3.63, 3.8) is 0 Å². The number of nitrogens with zero attached hydrogens (tertiary/aromatic N) is 1. The quantitative estimate of drug-likeness (QED) is 0.627. The highest BCUT2D eigenvalue weighted by Crippen LogP contribution is 2.33. The third-order valence-corrected chi connectivity index (χ3v) is 4.76. The summed E-state index contributed by atoms with van der Waals surface area (Å²) in [6.45, 7) is 1.38. The van der Waals surface area contributed by atoms with Gasteiger partial charge in [-0.1, -0.05) is 19.1 Å². The van der Waals surface area contributed by atoms with Crippen molar-refractivity contribution in [2.45, 2.75) is 18.9 Å². The zero-order chi connectivity index (χ0) is 19.6. The number of imide groups is 1. The van der Waals surface area contributed by atoms with Crippen molar-refractivity contribution in [2.24, 2.45) is 0 Å². The van der Waals surface area contributed by atoms with Gasteiger partial charge in [-0.25, -0.2) is 9.18 Å². The van der Waals surface area contributed by atoms with Gasteiger partial charge in [0, 0.05) is 5.56 Å². The number of carbonyl (C=O) groups is 3. The summed E-state index contributed by atoms with van der Waals surface area (Å²) in [7, 11) is 1.54. The van der Waals surface area contributed by atoms with Gasteiger partial charge in [-0.05, 0) is 48.4 Å². The predicted octanol–water partition coefficient (Wildman–Crippen LogP) is 2.87. The lowest BCUT2D eigenvalue weighted by Crippen LogP contribution is -2.43. The van der Waals surface area contributed by atoms with E-state index in [9.17, 15) is 18.8 Å². The van der Waals surface area contributed by atoms with Crippen LogP contribution in [0.2, 0.25) is 0 Å². The molecule has 3 rings (SSSR count). The molecule has 1 N–H and O–H groups in total. The van der Waals surface area contributed by atoms with Crippen LogP contribution in [0, 0.1) is 5.82 Å². The zero-order valence-electron chi connectivity index (χ0n) is 15.0. The Bertz CT molecular complexity index is 880. The fraction of sp³-hybridized carbons (Fsp3) is 0.250. The first-order valence-corrected chi connectivity index (χ1v) is 8.48. The van der Waals surface area contributed by atoms with E-state index in [-0.39, 0.29) is 5.56 Å². The monoisotopic (exact) mass is 370 g/mol. The molecular weight excluding hydrogens is 351 g/mol. The summed E-state index contributed by atoms with van der Waals surface area (Å²) in [6.07, 6.45) is 0.325. The summed E-state index contributed by atoms with van der Waals surface area (Å²) in [5.74, 6) is -0.771. The minimum absolute atomic E-state index is 0.232. The summed E-state index contributed by atoms with van der Waals surface area (Å²) in [4.78, 5) is 38.8. The van der Waals surface area contributed by atoms with Crippen molar-refractivity contribution in [1.82, 2.24) is 10.2 Å². The SMILES string of the molecule is CC[C@@]1(c2ccc(OC)cc2)NC(=O)N(CC(=O)c2ccc(F)cc2)C1=O. The number of carbonyl (C=O) groups excluding carboxylic acids is 3. The van der Waals surface area contributed by atoms with Crippen LogP contribution in [0.3, 0.4) is 0 Å². The van der Waals surface area contributed by atoms with Crippen molar-refractivity contribution in [3.05, 3.63) is 65.5 Å². The van der Waals surface area contributed by atoms with E-state index in [4.69, 9.17) is 4.74 Å². The molecule has 2 aromatic carbocycles. The molecule has 2 aromatic rings. The fourth-order valence-corrected chi connectivity index (χ4v) is 3.16. The molecule has 1 fully saturated rings. The number of benzene rings is 2. The van der Waals surface area contributed by atoms with Crippen LogP contribution in [0.15, 0.2) is 48.5 Å². The molecule has 0 radical (unpaired) electrons. The van der Waals surface area contributed by atoms with Gasteiger partial charge < -0.3 is 10.1 Å². The summed E-state index contributed by atoms with van der Waals surface area (Å²) in [6, 6.07) is 11.2.